The zero-order valence-electron chi connectivity index (χ0n) is 14.9. The maximum Gasteiger partial charge on any atom is 0.229 e. The summed E-state index contributed by atoms with van der Waals surface area (Å²) in [6.45, 7) is 4.01. The molecule has 0 bridgehead atoms. The lowest BCUT2D eigenvalue weighted by atomic mass is 9.83. The standard InChI is InChI=1S/C20H26N2O3/c1-20(11-9-16-5-3-2-4-6-16)12-14-21(15-20)17(23)10-13-22-18(24)7-8-19(22)25/h2-6H,7-15H2,1H3. The van der Waals surface area contributed by atoms with Crippen LogP contribution in [0.25, 0.3) is 0 Å². The van der Waals surface area contributed by atoms with Gasteiger partial charge in [0.1, 0.15) is 0 Å². The van der Waals surface area contributed by atoms with Crippen LogP contribution in [0.3, 0.4) is 0 Å². The molecule has 1 aromatic rings. The molecule has 3 rings (SSSR count). The largest absolute Gasteiger partial charge is 0.342 e. The monoisotopic (exact) mass is 342 g/mol. The van der Waals surface area contributed by atoms with E-state index in [0.717, 1.165) is 32.4 Å². The molecule has 2 saturated heterocycles. The molecule has 5 heteroatoms. The summed E-state index contributed by atoms with van der Waals surface area (Å²) in [6.07, 6.45) is 3.90. The van der Waals surface area contributed by atoms with Gasteiger partial charge >= 0.3 is 0 Å². The zero-order chi connectivity index (χ0) is 17.9. The molecule has 2 heterocycles. The zero-order valence-corrected chi connectivity index (χ0v) is 14.9. The molecule has 134 valence electrons. The van der Waals surface area contributed by atoms with Crippen molar-refractivity contribution in [3.05, 3.63) is 35.9 Å². The lowest BCUT2D eigenvalue weighted by Crippen LogP contribution is -2.36. The fourth-order valence-electron chi connectivity index (χ4n) is 3.77. The van der Waals surface area contributed by atoms with Gasteiger partial charge in [0.25, 0.3) is 0 Å². The molecule has 0 aromatic heterocycles. The van der Waals surface area contributed by atoms with Gasteiger partial charge in [0, 0.05) is 38.9 Å². The quantitative estimate of drug-likeness (QED) is 0.746. The normalized spacial score (nSPS) is 23.6. The van der Waals surface area contributed by atoms with Crippen LogP contribution in [0.2, 0.25) is 0 Å². The number of hydrogen-bond acceptors (Lipinski definition) is 3. The van der Waals surface area contributed by atoms with Gasteiger partial charge in [-0.15, -0.1) is 0 Å². The predicted octanol–water partition coefficient (Wildman–Crippen LogP) is 2.40. The second-order valence-corrected chi connectivity index (χ2v) is 7.55. The minimum atomic E-state index is -0.146. The first-order valence-corrected chi connectivity index (χ1v) is 9.12. The van der Waals surface area contributed by atoms with Crippen molar-refractivity contribution in [1.82, 2.24) is 9.80 Å². The van der Waals surface area contributed by atoms with Crippen molar-refractivity contribution in [3.63, 3.8) is 0 Å². The first-order chi connectivity index (χ1) is 12.0. The summed E-state index contributed by atoms with van der Waals surface area (Å²) in [5, 5.41) is 0. The lowest BCUT2D eigenvalue weighted by molar-refractivity contribution is -0.139. The van der Waals surface area contributed by atoms with E-state index < -0.39 is 0 Å². The Balaban J connectivity index is 1.47. The van der Waals surface area contributed by atoms with Crippen LogP contribution in [0.4, 0.5) is 0 Å². The molecule has 25 heavy (non-hydrogen) atoms. The molecule has 0 saturated carbocycles. The van der Waals surface area contributed by atoms with Crippen LogP contribution in [-0.2, 0) is 20.8 Å². The molecule has 0 aliphatic carbocycles. The van der Waals surface area contributed by atoms with Gasteiger partial charge in [-0.2, -0.15) is 0 Å². The first-order valence-electron chi connectivity index (χ1n) is 9.12. The number of aryl methyl sites for hydroxylation is 1. The SMILES string of the molecule is CC1(CCc2ccccc2)CCN(C(=O)CCN2C(=O)CCC2=O)C1. The second-order valence-electron chi connectivity index (χ2n) is 7.55. The smallest absolute Gasteiger partial charge is 0.229 e. The molecule has 0 spiro atoms. The second kappa shape index (κ2) is 7.38. The lowest BCUT2D eigenvalue weighted by Gasteiger charge is -2.25. The molecular weight excluding hydrogens is 316 g/mol. The fraction of sp³-hybridized carbons (Fsp3) is 0.550. The molecule has 2 fully saturated rings. The van der Waals surface area contributed by atoms with Gasteiger partial charge in [0.2, 0.25) is 17.7 Å². The van der Waals surface area contributed by atoms with Crippen molar-refractivity contribution < 1.29 is 14.4 Å². The topological polar surface area (TPSA) is 57.7 Å². The summed E-state index contributed by atoms with van der Waals surface area (Å²) in [7, 11) is 0. The predicted molar refractivity (Wildman–Crippen MR) is 94.6 cm³/mol. The molecule has 1 unspecified atom stereocenters. The van der Waals surface area contributed by atoms with Crippen molar-refractivity contribution in [2.75, 3.05) is 19.6 Å². The van der Waals surface area contributed by atoms with Crippen LogP contribution in [0, 0.1) is 5.41 Å². The highest BCUT2D eigenvalue weighted by molar-refractivity contribution is 6.02. The maximum absolute atomic E-state index is 12.5. The Kier molecular flexibility index (Phi) is 5.21. The van der Waals surface area contributed by atoms with Crippen LogP contribution < -0.4 is 0 Å². The van der Waals surface area contributed by atoms with Crippen molar-refractivity contribution in [1.29, 1.82) is 0 Å². The molecule has 1 atom stereocenters. The first kappa shape index (κ1) is 17.6. The summed E-state index contributed by atoms with van der Waals surface area (Å²) in [6, 6.07) is 10.4. The third kappa shape index (κ3) is 4.27. The molecule has 0 N–H and O–H groups in total. The van der Waals surface area contributed by atoms with E-state index in [1.165, 1.54) is 10.5 Å². The number of carbonyl (C=O) groups is 3. The van der Waals surface area contributed by atoms with Gasteiger partial charge in [-0.05, 0) is 30.2 Å². The van der Waals surface area contributed by atoms with Crippen molar-refractivity contribution in [2.24, 2.45) is 5.41 Å². The number of imide groups is 1. The molecular formula is C20H26N2O3. The highest BCUT2D eigenvalue weighted by atomic mass is 16.2. The van der Waals surface area contributed by atoms with Crippen LogP contribution in [0.1, 0.15) is 44.6 Å². The van der Waals surface area contributed by atoms with E-state index in [1.807, 2.05) is 11.0 Å². The highest BCUT2D eigenvalue weighted by Gasteiger charge is 2.36. The highest BCUT2D eigenvalue weighted by Crippen LogP contribution is 2.35. The van der Waals surface area contributed by atoms with E-state index in [0.29, 0.717) is 0 Å². The van der Waals surface area contributed by atoms with Crippen LogP contribution in [-0.4, -0.2) is 47.2 Å². The average Bonchev–Trinajstić information content (AvgIpc) is 3.16. The van der Waals surface area contributed by atoms with Crippen molar-refractivity contribution >= 4 is 17.7 Å². The van der Waals surface area contributed by atoms with E-state index in [-0.39, 0.29) is 48.9 Å². The molecule has 3 amide bonds. The number of hydrogen-bond donors (Lipinski definition) is 0. The van der Waals surface area contributed by atoms with Gasteiger partial charge in [-0.1, -0.05) is 37.3 Å². The van der Waals surface area contributed by atoms with E-state index in [1.54, 1.807) is 0 Å². The molecule has 2 aliphatic rings. The molecule has 5 nitrogen and oxygen atoms in total. The molecule has 0 radical (unpaired) electrons. The Morgan fingerprint density at radius 1 is 1.12 bits per heavy atom. The van der Waals surface area contributed by atoms with Crippen LogP contribution in [0.5, 0.6) is 0 Å². The number of carbonyl (C=O) groups excluding carboxylic acids is 3. The molecule has 2 aliphatic heterocycles. The number of likely N-dealkylation sites (tertiary alicyclic amines) is 2. The number of rotatable bonds is 6. The fourth-order valence-corrected chi connectivity index (χ4v) is 3.77. The van der Waals surface area contributed by atoms with Crippen molar-refractivity contribution in [2.45, 2.75) is 45.4 Å². The van der Waals surface area contributed by atoms with Gasteiger partial charge in [0.15, 0.2) is 0 Å². The average molecular weight is 342 g/mol. The van der Waals surface area contributed by atoms with Gasteiger partial charge in [0.05, 0.1) is 0 Å². The number of nitrogens with zero attached hydrogens (tertiary/aromatic N) is 2. The van der Waals surface area contributed by atoms with E-state index >= 15 is 0 Å². The number of benzene rings is 1. The summed E-state index contributed by atoms with van der Waals surface area (Å²) in [4.78, 5) is 38.8. The maximum atomic E-state index is 12.5. The Labute approximate surface area is 149 Å². The van der Waals surface area contributed by atoms with Gasteiger partial charge < -0.3 is 4.90 Å². The Morgan fingerprint density at radius 2 is 1.80 bits per heavy atom. The Hall–Kier alpha value is -2.17. The van der Waals surface area contributed by atoms with E-state index in [9.17, 15) is 14.4 Å². The Bertz CT molecular complexity index is 642. The summed E-state index contributed by atoms with van der Waals surface area (Å²) in [5.41, 5.74) is 1.48. The summed E-state index contributed by atoms with van der Waals surface area (Å²) >= 11 is 0. The minimum Gasteiger partial charge on any atom is -0.342 e. The van der Waals surface area contributed by atoms with Crippen LogP contribution >= 0.6 is 0 Å². The third-order valence-electron chi connectivity index (χ3n) is 5.47. The van der Waals surface area contributed by atoms with Gasteiger partial charge in [-0.25, -0.2) is 0 Å². The van der Waals surface area contributed by atoms with E-state index in [4.69, 9.17) is 0 Å². The van der Waals surface area contributed by atoms with Crippen molar-refractivity contribution in [3.8, 4) is 0 Å². The number of amides is 3. The summed E-state index contributed by atoms with van der Waals surface area (Å²) < 4.78 is 0. The summed E-state index contributed by atoms with van der Waals surface area (Å²) in [5.74, 6) is -0.241. The third-order valence-corrected chi connectivity index (χ3v) is 5.47. The minimum absolute atomic E-state index is 0.0518. The van der Waals surface area contributed by atoms with Gasteiger partial charge in [-0.3, -0.25) is 19.3 Å². The van der Waals surface area contributed by atoms with Crippen LogP contribution in [0.15, 0.2) is 30.3 Å². The Morgan fingerprint density at radius 3 is 2.48 bits per heavy atom. The van der Waals surface area contributed by atoms with E-state index in [2.05, 4.69) is 31.2 Å². The molecule has 1 aromatic carbocycles.